The molecule has 0 spiro atoms. The highest BCUT2D eigenvalue weighted by atomic mass is 16.3. The molecule has 0 saturated heterocycles. The third-order valence-corrected chi connectivity index (χ3v) is 7.18. The van der Waals surface area contributed by atoms with Crippen LogP contribution in [-0.4, -0.2) is 33.7 Å². The zero-order chi connectivity index (χ0) is 23.7. The van der Waals surface area contributed by atoms with E-state index in [0.29, 0.717) is 17.1 Å². The van der Waals surface area contributed by atoms with Gasteiger partial charge >= 0.3 is 0 Å². The summed E-state index contributed by atoms with van der Waals surface area (Å²) in [5, 5.41) is 28.9. The standard InChI is InChI=1S/C19H17N3O.C10H12O/c1-22-9-8-15-16-10-14(23)6-7-17(16)21-18(15)19(22)13-4-2-12(11-20)3-5-13;11-10-6-4-9(5-7-10)8-2-1-3-8/h2-7,10,19,21,23H,8-9H2,1H3;4-8,11H,1-3H2. The van der Waals surface area contributed by atoms with E-state index in [0.717, 1.165) is 29.8 Å². The number of aromatic nitrogens is 1. The van der Waals surface area contributed by atoms with Crippen LogP contribution in [0, 0.1) is 11.3 Å². The fourth-order valence-electron chi connectivity index (χ4n) is 5.05. The highest BCUT2D eigenvalue weighted by molar-refractivity contribution is 5.86. The first-order chi connectivity index (χ1) is 16.5. The van der Waals surface area contributed by atoms with E-state index >= 15 is 0 Å². The van der Waals surface area contributed by atoms with Crippen LogP contribution in [0.3, 0.4) is 0 Å². The van der Waals surface area contributed by atoms with Crippen LogP contribution in [0.25, 0.3) is 10.9 Å². The number of aromatic hydroxyl groups is 2. The largest absolute Gasteiger partial charge is 0.508 e. The fourth-order valence-corrected chi connectivity index (χ4v) is 5.05. The topological polar surface area (TPSA) is 83.3 Å². The quantitative estimate of drug-likeness (QED) is 0.350. The van der Waals surface area contributed by atoms with Gasteiger partial charge in [-0.15, -0.1) is 0 Å². The number of phenols is 2. The SMILES string of the molecule is CN1CCc2c([nH]c3ccc(O)cc23)C1c1ccc(C#N)cc1.Oc1ccc(C2CCC2)cc1. The van der Waals surface area contributed by atoms with Crippen LogP contribution in [-0.2, 0) is 6.42 Å². The van der Waals surface area contributed by atoms with Gasteiger partial charge in [0.2, 0.25) is 0 Å². The lowest BCUT2D eigenvalue weighted by molar-refractivity contribution is 0.261. The highest BCUT2D eigenvalue weighted by Gasteiger charge is 2.29. The summed E-state index contributed by atoms with van der Waals surface area (Å²) in [6.07, 6.45) is 4.98. The predicted octanol–water partition coefficient (Wildman–Crippen LogP) is 5.98. The van der Waals surface area contributed by atoms with Gasteiger partial charge in [0.15, 0.2) is 0 Å². The van der Waals surface area contributed by atoms with Crippen molar-refractivity contribution in [1.29, 1.82) is 5.26 Å². The van der Waals surface area contributed by atoms with Crippen LogP contribution in [0.15, 0.2) is 66.7 Å². The van der Waals surface area contributed by atoms with E-state index in [4.69, 9.17) is 10.4 Å². The molecule has 6 rings (SSSR count). The Hall–Kier alpha value is -3.75. The molecule has 1 aromatic heterocycles. The van der Waals surface area contributed by atoms with Crippen LogP contribution >= 0.6 is 0 Å². The van der Waals surface area contributed by atoms with Crippen LogP contribution < -0.4 is 0 Å². The fraction of sp³-hybridized carbons (Fsp3) is 0.276. The van der Waals surface area contributed by atoms with E-state index in [-0.39, 0.29) is 6.04 Å². The molecule has 2 heterocycles. The number of rotatable bonds is 2. The maximum absolute atomic E-state index is 9.79. The van der Waals surface area contributed by atoms with Crippen molar-refractivity contribution >= 4 is 10.9 Å². The molecule has 3 N–H and O–H groups in total. The summed E-state index contributed by atoms with van der Waals surface area (Å²) >= 11 is 0. The Kier molecular flexibility index (Phi) is 6.00. The number of likely N-dealkylation sites (N-methyl/N-ethyl adjacent to an activating group) is 1. The summed E-state index contributed by atoms with van der Waals surface area (Å²) in [6, 6.07) is 23.2. The second-order valence-corrected chi connectivity index (χ2v) is 9.33. The van der Waals surface area contributed by atoms with E-state index in [1.807, 2.05) is 48.5 Å². The Morgan fingerprint density at radius 2 is 1.59 bits per heavy atom. The molecule has 2 aliphatic rings. The maximum atomic E-state index is 9.79. The number of nitrogens with zero attached hydrogens (tertiary/aromatic N) is 2. The van der Waals surface area contributed by atoms with Gasteiger partial charge in [0.1, 0.15) is 11.5 Å². The summed E-state index contributed by atoms with van der Waals surface area (Å²) in [4.78, 5) is 5.85. The van der Waals surface area contributed by atoms with Crippen molar-refractivity contribution in [2.24, 2.45) is 0 Å². The minimum Gasteiger partial charge on any atom is -0.508 e. The molecule has 1 aliphatic heterocycles. The Balaban J connectivity index is 0.000000183. The van der Waals surface area contributed by atoms with Crippen molar-refractivity contribution in [3.05, 3.63) is 94.7 Å². The molecular formula is C29H29N3O2. The van der Waals surface area contributed by atoms with E-state index in [2.05, 4.69) is 23.0 Å². The molecule has 1 atom stereocenters. The number of benzene rings is 3. The van der Waals surface area contributed by atoms with Crippen molar-refractivity contribution < 1.29 is 10.2 Å². The lowest BCUT2D eigenvalue weighted by Gasteiger charge is -2.33. The van der Waals surface area contributed by atoms with Gasteiger partial charge < -0.3 is 15.2 Å². The predicted molar refractivity (Wildman–Crippen MR) is 134 cm³/mol. The third kappa shape index (κ3) is 4.25. The van der Waals surface area contributed by atoms with Gasteiger partial charge in [0, 0.05) is 23.1 Å². The summed E-state index contributed by atoms with van der Waals surface area (Å²) in [5.74, 6) is 1.44. The van der Waals surface area contributed by atoms with Gasteiger partial charge in [-0.3, -0.25) is 4.90 Å². The van der Waals surface area contributed by atoms with Crippen LogP contribution in [0.1, 0.15) is 59.2 Å². The third-order valence-electron chi connectivity index (χ3n) is 7.18. The van der Waals surface area contributed by atoms with Gasteiger partial charge in [0.05, 0.1) is 17.7 Å². The second-order valence-electron chi connectivity index (χ2n) is 9.33. The average Bonchev–Trinajstić information content (AvgIpc) is 3.17. The number of fused-ring (bicyclic) bond motifs is 3. The number of hydrogen-bond acceptors (Lipinski definition) is 4. The first kappa shape index (κ1) is 22.1. The van der Waals surface area contributed by atoms with Crippen molar-refractivity contribution in [3.8, 4) is 17.6 Å². The molecule has 3 aromatic carbocycles. The number of H-pyrrole nitrogens is 1. The average molecular weight is 452 g/mol. The zero-order valence-corrected chi connectivity index (χ0v) is 19.3. The highest BCUT2D eigenvalue weighted by Crippen LogP contribution is 2.38. The first-order valence-corrected chi connectivity index (χ1v) is 11.9. The van der Waals surface area contributed by atoms with E-state index < -0.39 is 0 Å². The van der Waals surface area contributed by atoms with Crippen molar-refractivity contribution in [2.75, 3.05) is 13.6 Å². The normalized spacial score (nSPS) is 17.8. The molecule has 1 fully saturated rings. The molecule has 4 aromatic rings. The van der Waals surface area contributed by atoms with E-state index in [9.17, 15) is 5.11 Å². The van der Waals surface area contributed by atoms with E-state index in [1.54, 1.807) is 18.2 Å². The molecule has 0 radical (unpaired) electrons. The molecule has 1 saturated carbocycles. The molecule has 1 aliphatic carbocycles. The Bertz CT molecular complexity index is 1330. The van der Waals surface area contributed by atoms with Crippen molar-refractivity contribution in [2.45, 2.75) is 37.6 Å². The van der Waals surface area contributed by atoms with Crippen LogP contribution in [0.4, 0.5) is 0 Å². The summed E-state index contributed by atoms with van der Waals surface area (Å²) in [6.45, 7) is 0.959. The Morgan fingerprint density at radius 3 is 2.24 bits per heavy atom. The molecule has 172 valence electrons. The maximum Gasteiger partial charge on any atom is 0.116 e. The Morgan fingerprint density at radius 1 is 0.912 bits per heavy atom. The molecule has 0 bridgehead atoms. The molecule has 0 amide bonds. The zero-order valence-electron chi connectivity index (χ0n) is 19.3. The minimum atomic E-state index is 0.140. The first-order valence-electron chi connectivity index (χ1n) is 11.9. The number of nitrogens with one attached hydrogen (secondary N) is 1. The molecule has 5 nitrogen and oxygen atoms in total. The summed E-state index contributed by atoms with van der Waals surface area (Å²) < 4.78 is 0. The van der Waals surface area contributed by atoms with Crippen molar-refractivity contribution in [1.82, 2.24) is 9.88 Å². The molecule has 34 heavy (non-hydrogen) atoms. The van der Waals surface area contributed by atoms with Gasteiger partial charge in [0.25, 0.3) is 0 Å². The number of nitriles is 1. The summed E-state index contributed by atoms with van der Waals surface area (Å²) in [5.41, 5.74) is 6.75. The number of phenolic OH excluding ortho intramolecular Hbond substituents is 2. The van der Waals surface area contributed by atoms with Gasteiger partial charge in [-0.25, -0.2) is 0 Å². The monoisotopic (exact) mass is 451 g/mol. The molecule has 5 heteroatoms. The smallest absolute Gasteiger partial charge is 0.116 e. The van der Waals surface area contributed by atoms with Gasteiger partial charge in [-0.2, -0.15) is 5.26 Å². The number of aromatic amines is 1. The second kappa shape index (κ2) is 9.24. The van der Waals surface area contributed by atoms with Crippen LogP contribution in [0.5, 0.6) is 11.5 Å². The summed E-state index contributed by atoms with van der Waals surface area (Å²) in [7, 11) is 2.12. The van der Waals surface area contributed by atoms with Gasteiger partial charge in [-0.1, -0.05) is 30.7 Å². The molecular weight excluding hydrogens is 422 g/mol. The van der Waals surface area contributed by atoms with Gasteiger partial charge in [-0.05, 0) is 91.4 Å². The number of hydrogen-bond donors (Lipinski definition) is 3. The Labute approximate surface area is 199 Å². The van der Waals surface area contributed by atoms with E-state index in [1.165, 1.54) is 41.6 Å². The lowest BCUT2D eigenvalue weighted by Crippen LogP contribution is -2.32. The van der Waals surface area contributed by atoms with Crippen molar-refractivity contribution in [3.63, 3.8) is 0 Å². The lowest BCUT2D eigenvalue weighted by atomic mass is 9.80. The van der Waals surface area contributed by atoms with Crippen LogP contribution in [0.2, 0.25) is 0 Å². The molecule has 1 unspecified atom stereocenters. The minimum absolute atomic E-state index is 0.140.